The van der Waals surface area contributed by atoms with E-state index in [4.69, 9.17) is 4.74 Å². The quantitative estimate of drug-likeness (QED) is 0.815. The van der Waals surface area contributed by atoms with E-state index in [1.165, 1.54) is 31.2 Å². The van der Waals surface area contributed by atoms with Crippen molar-refractivity contribution in [2.24, 2.45) is 5.41 Å². The van der Waals surface area contributed by atoms with Crippen LogP contribution in [-0.2, 0) is 16.0 Å². The predicted molar refractivity (Wildman–Crippen MR) is 117 cm³/mol. The van der Waals surface area contributed by atoms with E-state index in [-0.39, 0.29) is 11.9 Å². The Kier molecular flexibility index (Phi) is 6.31. The molecule has 2 heterocycles. The summed E-state index contributed by atoms with van der Waals surface area (Å²) in [5.41, 5.74) is 3.78. The molecule has 0 bridgehead atoms. The van der Waals surface area contributed by atoms with Crippen LogP contribution in [0.5, 0.6) is 0 Å². The topological polar surface area (TPSA) is 41.6 Å². The van der Waals surface area contributed by atoms with Gasteiger partial charge in [0.05, 0.1) is 6.04 Å². The second-order valence-corrected chi connectivity index (χ2v) is 8.63. The molecule has 0 radical (unpaired) electrons. The van der Waals surface area contributed by atoms with E-state index in [0.717, 1.165) is 44.0 Å². The molecule has 2 aromatic carbocycles. The minimum atomic E-state index is -0.114. The maximum atomic E-state index is 13.0. The van der Waals surface area contributed by atoms with Gasteiger partial charge in [0.2, 0.25) is 5.91 Å². The van der Waals surface area contributed by atoms with Crippen LogP contribution in [0.3, 0.4) is 0 Å². The maximum Gasteiger partial charge on any atom is 0.241 e. The zero-order valence-electron chi connectivity index (χ0n) is 17.4. The molecule has 0 aliphatic carbocycles. The number of rotatable bonds is 5. The highest BCUT2D eigenvalue weighted by Gasteiger charge is 2.38. The van der Waals surface area contributed by atoms with Gasteiger partial charge in [-0.15, -0.1) is 0 Å². The lowest BCUT2D eigenvalue weighted by Gasteiger charge is -2.45. The minimum absolute atomic E-state index is 0.0911. The Morgan fingerprint density at radius 3 is 2.38 bits per heavy atom. The van der Waals surface area contributed by atoms with Crippen LogP contribution in [0.2, 0.25) is 0 Å². The number of carbonyl (C=O) groups is 1. The molecule has 1 N–H and O–H groups in total. The molecule has 1 unspecified atom stereocenters. The number of anilines is 1. The second-order valence-electron chi connectivity index (χ2n) is 8.63. The number of piperidine rings is 1. The summed E-state index contributed by atoms with van der Waals surface area (Å²) in [5, 5.41) is 3.20. The van der Waals surface area contributed by atoms with Crippen LogP contribution in [0.25, 0.3) is 0 Å². The number of para-hydroxylation sites is 1. The highest BCUT2D eigenvalue weighted by molar-refractivity contribution is 5.95. The standard InChI is InChI=1S/C25H32N2O2/c1-20(27-15-11-25(12-16-27)13-17-29-18-14-25)24(28)26-23-10-6-5-9-22(23)19-21-7-3-2-4-8-21/h2-10,20H,11-19H2,1H3,(H,26,28). The number of hydrogen-bond acceptors (Lipinski definition) is 3. The van der Waals surface area contributed by atoms with Crippen molar-refractivity contribution in [3.63, 3.8) is 0 Å². The monoisotopic (exact) mass is 392 g/mol. The highest BCUT2D eigenvalue weighted by Crippen LogP contribution is 2.41. The van der Waals surface area contributed by atoms with Crippen molar-refractivity contribution in [2.45, 2.75) is 45.1 Å². The first kappa shape index (κ1) is 20.1. The Morgan fingerprint density at radius 1 is 1.00 bits per heavy atom. The molecule has 4 nitrogen and oxygen atoms in total. The largest absolute Gasteiger partial charge is 0.381 e. The fraction of sp³-hybridized carbons (Fsp3) is 0.480. The van der Waals surface area contributed by atoms with Crippen LogP contribution in [0, 0.1) is 5.41 Å². The Bertz CT molecular complexity index is 805. The number of nitrogens with one attached hydrogen (secondary N) is 1. The van der Waals surface area contributed by atoms with Gasteiger partial charge in [0, 0.05) is 18.9 Å². The molecule has 1 amide bonds. The van der Waals surface area contributed by atoms with Gasteiger partial charge >= 0.3 is 0 Å². The van der Waals surface area contributed by atoms with Gasteiger partial charge in [-0.2, -0.15) is 0 Å². The molecule has 2 aliphatic rings. The normalized spacial score (nSPS) is 20.3. The fourth-order valence-electron chi connectivity index (χ4n) is 4.71. The maximum absolute atomic E-state index is 13.0. The summed E-state index contributed by atoms with van der Waals surface area (Å²) in [4.78, 5) is 15.4. The molecule has 0 aromatic heterocycles. The van der Waals surface area contributed by atoms with E-state index in [0.29, 0.717) is 5.41 Å². The lowest BCUT2D eigenvalue weighted by atomic mass is 9.72. The van der Waals surface area contributed by atoms with Gasteiger partial charge in [-0.05, 0) is 74.7 Å². The van der Waals surface area contributed by atoms with Crippen molar-refractivity contribution < 1.29 is 9.53 Å². The van der Waals surface area contributed by atoms with Crippen LogP contribution < -0.4 is 5.32 Å². The lowest BCUT2D eigenvalue weighted by molar-refractivity contribution is -0.122. The smallest absolute Gasteiger partial charge is 0.241 e. The van der Waals surface area contributed by atoms with Crippen molar-refractivity contribution in [1.29, 1.82) is 0 Å². The summed E-state index contributed by atoms with van der Waals surface area (Å²) in [5.74, 6) is 0.0911. The lowest BCUT2D eigenvalue weighted by Crippen LogP contribution is -2.49. The van der Waals surface area contributed by atoms with Gasteiger partial charge in [-0.25, -0.2) is 0 Å². The minimum Gasteiger partial charge on any atom is -0.381 e. The highest BCUT2D eigenvalue weighted by atomic mass is 16.5. The number of carbonyl (C=O) groups excluding carboxylic acids is 1. The van der Waals surface area contributed by atoms with E-state index in [2.05, 4.69) is 40.5 Å². The van der Waals surface area contributed by atoms with Crippen molar-refractivity contribution >= 4 is 11.6 Å². The van der Waals surface area contributed by atoms with Gasteiger partial charge < -0.3 is 10.1 Å². The third-order valence-electron chi connectivity index (χ3n) is 6.85. The molecule has 0 saturated carbocycles. The van der Waals surface area contributed by atoms with Crippen molar-refractivity contribution in [2.75, 3.05) is 31.6 Å². The van der Waals surface area contributed by atoms with Crippen molar-refractivity contribution in [3.05, 3.63) is 65.7 Å². The molecule has 2 aromatic rings. The zero-order chi connectivity index (χ0) is 20.1. The van der Waals surface area contributed by atoms with Gasteiger partial charge in [0.15, 0.2) is 0 Å². The molecular weight excluding hydrogens is 360 g/mol. The average Bonchev–Trinajstić information content (AvgIpc) is 2.76. The number of amides is 1. The first-order valence-corrected chi connectivity index (χ1v) is 10.9. The molecule has 1 atom stereocenters. The predicted octanol–water partition coefficient (Wildman–Crippen LogP) is 4.50. The van der Waals surface area contributed by atoms with Crippen LogP contribution >= 0.6 is 0 Å². The van der Waals surface area contributed by atoms with E-state index in [9.17, 15) is 4.79 Å². The zero-order valence-corrected chi connectivity index (χ0v) is 17.4. The van der Waals surface area contributed by atoms with Crippen LogP contribution in [0.1, 0.15) is 43.7 Å². The SMILES string of the molecule is CC(C(=O)Nc1ccccc1Cc1ccccc1)N1CCC2(CCOCC2)CC1. The van der Waals surface area contributed by atoms with E-state index < -0.39 is 0 Å². The van der Waals surface area contributed by atoms with Crippen LogP contribution in [0.15, 0.2) is 54.6 Å². The molecule has 2 fully saturated rings. The number of benzene rings is 2. The van der Waals surface area contributed by atoms with Gasteiger partial charge in [0.1, 0.15) is 0 Å². The van der Waals surface area contributed by atoms with E-state index >= 15 is 0 Å². The third kappa shape index (κ3) is 4.88. The van der Waals surface area contributed by atoms with E-state index in [1.807, 2.05) is 31.2 Å². The summed E-state index contributed by atoms with van der Waals surface area (Å²) in [7, 11) is 0. The number of ether oxygens (including phenoxy) is 1. The Hall–Kier alpha value is -2.17. The summed E-state index contributed by atoms with van der Waals surface area (Å²) in [6.07, 6.45) is 5.53. The first-order chi connectivity index (χ1) is 14.2. The van der Waals surface area contributed by atoms with E-state index in [1.54, 1.807) is 0 Å². The molecule has 29 heavy (non-hydrogen) atoms. The molecular formula is C25H32N2O2. The van der Waals surface area contributed by atoms with Gasteiger partial charge in [0.25, 0.3) is 0 Å². The van der Waals surface area contributed by atoms with Gasteiger partial charge in [-0.3, -0.25) is 9.69 Å². The molecule has 2 aliphatic heterocycles. The summed E-state index contributed by atoms with van der Waals surface area (Å²) in [6, 6.07) is 18.4. The average molecular weight is 393 g/mol. The Labute approximate surface area is 174 Å². The fourth-order valence-corrected chi connectivity index (χ4v) is 4.71. The molecule has 4 heteroatoms. The molecule has 2 saturated heterocycles. The number of hydrogen-bond donors (Lipinski definition) is 1. The van der Waals surface area contributed by atoms with Gasteiger partial charge in [-0.1, -0.05) is 48.5 Å². The summed E-state index contributed by atoms with van der Waals surface area (Å²) < 4.78 is 5.55. The van der Waals surface area contributed by atoms with Crippen LogP contribution in [0.4, 0.5) is 5.69 Å². The molecule has 4 rings (SSSR count). The van der Waals surface area contributed by atoms with Crippen molar-refractivity contribution in [3.8, 4) is 0 Å². The van der Waals surface area contributed by atoms with Crippen molar-refractivity contribution in [1.82, 2.24) is 4.90 Å². The molecule has 154 valence electrons. The number of nitrogens with zero attached hydrogens (tertiary/aromatic N) is 1. The second kappa shape index (κ2) is 9.10. The Morgan fingerprint density at radius 2 is 1.66 bits per heavy atom. The van der Waals surface area contributed by atoms with Crippen LogP contribution in [-0.4, -0.2) is 43.2 Å². The number of likely N-dealkylation sites (tertiary alicyclic amines) is 1. The summed E-state index contributed by atoms with van der Waals surface area (Å²) >= 11 is 0. The first-order valence-electron chi connectivity index (χ1n) is 10.9. The third-order valence-corrected chi connectivity index (χ3v) is 6.85. The molecule has 1 spiro atoms. The Balaban J connectivity index is 1.37. The summed E-state index contributed by atoms with van der Waals surface area (Å²) in [6.45, 7) is 5.83.